The normalized spacial score (nSPS) is 17.2. The van der Waals surface area contributed by atoms with Crippen LogP contribution in [0, 0.1) is 0 Å². The Kier molecular flexibility index (Phi) is 5.89. The molecule has 0 saturated carbocycles. The number of sulfonamides is 1. The van der Waals surface area contributed by atoms with E-state index in [0.29, 0.717) is 30.7 Å². The van der Waals surface area contributed by atoms with Gasteiger partial charge >= 0.3 is 0 Å². The summed E-state index contributed by atoms with van der Waals surface area (Å²) in [7, 11) is -3.51. The second-order valence-electron chi connectivity index (χ2n) is 3.70. The highest BCUT2D eigenvalue weighted by molar-refractivity contribution is 9.10. The average Bonchev–Trinajstić information content (AvgIpc) is 2.29. The van der Waals surface area contributed by atoms with Crippen molar-refractivity contribution in [2.24, 2.45) is 0 Å². The number of hydrogen-bond acceptors (Lipinski definition) is 3. The molecule has 1 saturated heterocycles. The molecule has 0 amide bonds. The molecule has 0 atom stereocenters. The van der Waals surface area contributed by atoms with Crippen LogP contribution in [0.15, 0.2) is 27.6 Å². The van der Waals surface area contributed by atoms with Crippen LogP contribution in [0.5, 0.6) is 0 Å². The largest absolute Gasteiger partial charge is 0.314 e. The molecular weight excluding hydrogens is 363 g/mol. The summed E-state index contributed by atoms with van der Waals surface area (Å²) in [5, 5.41) is 3.36. The summed E-state index contributed by atoms with van der Waals surface area (Å²) in [5.41, 5.74) is 0. The van der Waals surface area contributed by atoms with Gasteiger partial charge in [0.05, 0.1) is 5.02 Å². The summed E-state index contributed by atoms with van der Waals surface area (Å²) < 4.78 is 26.8. The van der Waals surface area contributed by atoms with Gasteiger partial charge in [0.25, 0.3) is 0 Å². The zero-order chi connectivity index (χ0) is 12.5. The molecule has 0 spiro atoms. The third-order valence-electron chi connectivity index (χ3n) is 2.59. The zero-order valence-corrected chi connectivity index (χ0v) is 13.4. The van der Waals surface area contributed by atoms with E-state index in [2.05, 4.69) is 21.2 Å². The van der Waals surface area contributed by atoms with Gasteiger partial charge in [-0.25, -0.2) is 8.42 Å². The number of nitrogens with zero attached hydrogens (tertiary/aromatic N) is 1. The van der Waals surface area contributed by atoms with E-state index in [-0.39, 0.29) is 22.3 Å². The van der Waals surface area contributed by atoms with Crippen LogP contribution in [0.2, 0.25) is 5.02 Å². The topological polar surface area (TPSA) is 49.4 Å². The lowest BCUT2D eigenvalue weighted by Gasteiger charge is -2.27. The summed E-state index contributed by atoms with van der Waals surface area (Å²) in [6.45, 7) is 2.28. The van der Waals surface area contributed by atoms with Gasteiger partial charge in [-0.2, -0.15) is 4.31 Å². The molecule has 102 valence electrons. The Bertz CT molecular complexity index is 498. The van der Waals surface area contributed by atoms with Crippen molar-refractivity contribution in [3.05, 3.63) is 27.7 Å². The van der Waals surface area contributed by atoms with Crippen LogP contribution in [0.1, 0.15) is 0 Å². The Hall–Kier alpha value is 0.150. The van der Waals surface area contributed by atoms with Crippen LogP contribution in [0.25, 0.3) is 0 Å². The first-order chi connectivity index (χ1) is 8.03. The summed E-state index contributed by atoms with van der Waals surface area (Å²) in [4.78, 5) is 0.156. The fraction of sp³-hybridized carbons (Fsp3) is 0.400. The third kappa shape index (κ3) is 3.18. The van der Waals surface area contributed by atoms with Crippen molar-refractivity contribution in [2.75, 3.05) is 26.2 Å². The highest BCUT2D eigenvalue weighted by atomic mass is 79.9. The lowest BCUT2D eigenvalue weighted by Crippen LogP contribution is -2.46. The monoisotopic (exact) mass is 374 g/mol. The fourth-order valence-corrected chi connectivity index (χ4v) is 4.85. The second kappa shape index (κ2) is 6.54. The first kappa shape index (κ1) is 16.2. The van der Waals surface area contributed by atoms with E-state index < -0.39 is 10.0 Å². The Labute approximate surface area is 126 Å². The smallest absolute Gasteiger partial charge is 0.245 e. The first-order valence-electron chi connectivity index (χ1n) is 5.18. The van der Waals surface area contributed by atoms with Gasteiger partial charge in [0.15, 0.2) is 0 Å². The van der Waals surface area contributed by atoms with Crippen molar-refractivity contribution in [2.45, 2.75) is 4.90 Å². The van der Waals surface area contributed by atoms with E-state index in [4.69, 9.17) is 11.6 Å². The fourth-order valence-electron chi connectivity index (χ4n) is 1.74. The Morgan fingerprint density at radius 2 is 1.89 bits per heavy atom. The van der Waals surface area contributed by atoms with Gasteiger partial charge in [0.1, 0.15) is 4.90 Å². The molecule has 0 unspecified atom stereocenters. The van der Waals surface area contributed by atoms with Gasteiger partial charge in [-0.3, -0.25) is 0 Å². The van der Waals surface area contributed by atoms with Gasteiger partial charge in [0, 0.05) is 30.7 Å². The predicted octanol–water partition coefficient (Wildman–Crippen LogP) is 2.12. The van der Waals surface area contributed by atoms with Gasteiger partial charge < -0.3 is 5.32 Å². The molecule has 2 rings (SSSR count). The Morgan fingerprint density at radius 1 is 1.28 bits per heavy atom. The lowest BCUT2D eigenvalue weighted by molar-refractivity contribution is 0.360. The minimum Gasteiger partial charge on any atom is -0.314 e. The van der Waals surface area contributed by atoms with E-state index in [9.17, 15) is 8.42 Å². The molecule has 1 aromatic rings. The molecule has 0 aliphatic carbocycles. The van der Waals surface area contributed by atoms with Gasteiger partial charge in [-0.05, 0) is 28.1 Å². The van der Waals surface area contributed by atoms with Crippen molar-refractivity contribution >= 4 is 50.0 Å². The molecule has 18 heavy (non-hydrogen) atoms. The molecule has 1 aliphatic rings. The summed E-state index contributed by atoms with van der Waals surface area (Å²) in [6.07, 6.45) is 0. The molecule has 1 N–H and O–H groups in total. The van der Waals surface area contributed by atoms with Gasteiger partial charge in [-0.1, -0.05) is 17.7 Å². The highest BCUT2D eigenvalue weighted by Gasteiger charge is 2.29. The van der Waals surface area contributed by atoms with E-state index in [1.54, 1.807) is 18.2 Å². The standard InChI is InChI=1S/C10H12BrClN2O2S.ClH/c11-8-2-1-3-9(12)10(8)17(15,16)14-6-4-13-5-7-14;/h1-3,13H,4-7H2;1H. The third-order valence-corrected chi connectivity index (χ3v) is 5.94. The molecule has 1 aliphatic heterocycles. The van der Waals surface area contributed by atoms with E-state index in [0.717, 1.165) is 0 Å². The highest BCUT2D eigenvalue weighted by Crippen LogP contribution is 2.31. The molecule has 0 radical (unpaired) electrons. The molecule has 1 fully saturated rings. The molecule has 0 bridgehead atoms. The number of hydrogen-bond donors (Lipinski definition) is 1. The van der Waals surface area contributed by atoms with E-state index >= 15 is 0 Å². The first-order valence-corrected chi connectivity index (χ1v) is 7.79. The number of piperazine rings is 1. The second-order valence-corrected chi connectivity index (χ2v) is 6.84. The van der Waals surface area contributed by atoms with Crippen molar-refractivity contribution in [3.8, 4) is 0 Å². The van der Waals surface area contributed by atoms with Crippen LogP contribution in [-0.4, -0.2) is 38.9 Å². The van der Waals surface area contributed by atoms with Crippen molar-refractivity contribution < 1.29 is 8.42 Å². The molecule has 4 nitrogen and oxygen atoms in total. The zero-order valence-electron chi connectivity index (χ0n) is 9.40. The van der Waals surface area contributed by atoms with Crippen LogP contribution in [-0.2, 0) is 10.0 Å². The predicted molar refractivity (Wildman–Crippen MR) is 78.0 cm³/mol. The quantitative estimate of drug-likeness (QED) is 0.861. The summed E-state index contributed by atoms with van der Waals surface area (Å²) in [5.74, 6) is 0. The number of nitrogens with one attached hydrogen (secondary N) is 1. The van der Waals surface area contributed by atoms with Crippen molar-refractivity contribution in [1.29, 1.82) is 0 Å². The number of benzene rings is 1. The molecule has 1 aromatic carbocycles. The maximum absolute atomic E-state index is 12.4. The lowest BCUT2D eigenvalue weighted by atomic mass is 10.4. The molecule has 0 aromatic heterocycles. The van der Waals surface area contributed by atoms with Gasteiger partial charge in [-0.15, -0.1) is 12.4 Å². The minimum atomic E-state index is -3.51. The molecular formula is C10H13BrCl2N2O2S. The van der Waals surface area contributed by atoms with Gasteiger partial charge in [0.2, 0.25) is 10.0 Å². The maximum Gasteiger partial charge on any atom is 0.245 e. The SMILES string of the molecule is Cl.O=S(=O)(c1c(Cl)cccc1Br)N1CCNCC1. The number of rotatable bonds is 2. The molecule has 8 heteroatoms. The van der Waals surface area contributed by atoms with Crippen LogP contribution >= 0.6 is 39.9 Å². The Balaban J connectivity index is 0.00000162. The van der Waals surface area contributed by atoms with Crippen molar-refractivity contribution in [1.82, 2.24) is 9.62 Å². The van der Waals surface area contributed by atoms with Crippen LogP contribution in [0.4, 0.5) is 0 Å². The average molecular weight is 376 g/mol. The van der Waals surface area contributed by atoms with E-state index in [1.165, 1.54) is 4.31 Å². The summed E-state index contributed by atoms with van der Waals surface area (Å²) >= 11 is 9.23. The number of halogens is 3. The Morgan fingerprint density at radius 3 is 2.44 bits per heavy atom. The van der Waals surface area contributed by atoms with Crippen LogP contribution in [0.3, 0.4) is 0 Å². The maximum atomic E-state index is 12.4. The summed E-state index contributed by atoms with van der Waals surface area (Å²) in [6, 6.07) is 4.98. The minimum absolute atomic E-state index is 0. The molecule has 1 heterocycles. The van der Waals surface area contributed by atoms with Crippen LogP contribution < -0.4 is 5.32 Å². The van der Waals surface area contributed by atoms with Crippen molar-refractivity contribution in [3.63, 3.8) is 0 Å². The van der Waals surface area contributed by atoms with E-state index in [1.807, 2.05) is 0 Å².